The zero-order valence-electron chi connectivity index (χ0n) is 11.4. The lowest BCUT2D eigenvalue weighted by Gasteiger charge is -2.26. The molecule has 1 fully saturated rings. The van der Waals surface area contributed by atoms with Gasteiger partial charge in [-0.05, 0) is 37.1 Å². The summed E-state index contributed by atoms with van der Waals surface area (Å²) in [7, 11) is 0. The Morgan fingerprint density at radius 3 is 2.55 bits per heavy atom. The highest BCUT2D eigenvalue weighted by Gasteiger charge is 2.33. The first-order valence-electron chi connectivity index (χ1n) is 6.89. The highest BCUT2D eigenvalue weighted by atomic mass is 79.9. The molecule has 0 atom stereocenters. The molecule has 20 heavy (non-hydrogen) atoms. The highest BCUT2D eigenvalue weighted by Crippen LogP contribution is 2.36. The number of nitrogens with one attached hydrogen (secondary N) is 1. The minimum atomic E-state index is -0.0715. The second-order valence-corrected chi connectivity index (χ2v) is 7.35. The zero-order valence-corrected chi connectivity index (χ0v) is 13.8. The van der Waals surface area contributed by atoms with Gasteiger partial charge in [0.1, 0.15) is 0 Å². The Hall–Kier alpha value is -0.520. The SMILES string of the molecule is O=C(CSc1ccc(Br)cc1)NCC1(CO)CCCC1. The monoisotopic (exact) mass is 357 g/mol. The van der Waals surface area contributed by atoms with E-state index in [-0.39, 0.29) is 17.9 Å². The van der Waals surface area contributed by atoms with Gasteiger partial charge in [-0.2, -0.15) is 0 Å². The van der Waals surface area contributed by atoms with Crippen LogP contribution in [0.4, 0.5) is 0 Å². The quantitative estimate of drug-likeness (QED) is 0.768. The number of benzene rings is 1. The molecule has 110 valence electrons. The fourth-order valence-corrected chi connectivity index (χ4v) is 3.53. The van der Waals surface area contributed by atoms with Crippen LogP contribution in [-0.2, 0) is 4.79 Å². The summed E-state index contributed by atoms with van der Waals surface area (Å²) in [4.78, 5) is 13.0. The number of halogens is 1. The van der Waals surface area contributed by atoms with Gasteiger partial charge in [0.05, 0.1) is 12.4 Å². The minimum Gasteiger partial charge on any atom is -0.396 e. The average molecular weight is 358 g/mol. The maximum Gasteiger partial charge on any atom is 0.230 e. The molecule has 2 rings (SSSR count). The number of rotatable bonds is 6. The van der Waals surface area contributed by atoms with Crippen molar-refractivity contribution in [3.63, 3.8) is 0 Å². The van der Waals surface area contributed by atoms with Crippen LogP contribution in [0.5, 0.6) is 0 Å². The van der Waals surface area contributed by atoms with Gasteiger partial charge in [-0.3, -0.25) is 4.79 Å². The Bertz CT molecular complexity index is 444. The van der Waals surface area contributed by atoms with E-state index in [2.05, 4.69) is 21.2 Å². The van der Waals surface area contributed by atoms with Crippen LogP contribution in [0.1, 0.15) is 25.7 Å². The molecule has 1 aliphatic rings. The third kappa shape index (κ3) is 4.50. The smallest absolute Gasteiger partial charge is 0.230 e. The first-order valence-corrected chi connectivity index (χ1v) is 8.67. The summed E-state index contributed by atoms with van der Waals surface area (Å²) in [5, 5.41) is 12.5. The van der Waals surface area contributed by atoms with E-state index in [1.165, 1.54) is 11.8 Å². The van der Waals surface area contributed by atoms with Crippen molar-refractivity contribution in [2.75, 3.05) is 18.9 Å². The summed E-state index contributed by atoms with van der Waals surface area (Å²) in [5.41, 5.74) is -0.0715. The molecule has 0 aromatic heterocycles. The third-order valence-electron chi connectivity index (χ3n) is 3.84. The Morgan fingerprint density at radius 1 is 1.30 bits per heavy atom. The second kappa shape index (κ2) is 7.48. The van der Waals surface area contributed by atoms with Crippen molar-refractivity contribution in [2.45, 2.75) is 30.6 Å². The van der Waals surface area contributed by atoms with Crippen molar-refractivity contribution >= 4 is 33.6 Å². The molecular formula is C15H20BrNO2S. The van der Waals surface area contributed by atoms with Crippen LogP contribution < -0.4 is 5.32 Å². The number of carbonyl (C=O) groups is 1. The molecule has 0 heterocycles. The van der Waals surface area contributed by atoms with Gasteiger partial charge < -0.3 is 10.4 Å². The van der Waals surface area contributed by atoms with E-state index in [0.29, 0.717) is 12.3 Å². The molecule has 0 spiro atoms. The summed E-state index contributed by atoms with van der Waals surface area (Å²) in [6, 6.07) is 7.93. The van der Waals surface area contributed by atoms with Crippen molar-refractivity contribution in [2.24, 2.45) is 5.41 Å². The van der Waals surface area contributed by atoms with Gasteiger partial charge in [0.25, 0.3) is 0 Å². The molecule has 0 aliphatic heterocycles. The minimum absolute atomic E-state index is 0.0395. The molecule has 0 saturated heterocycles. The Morgan fingerprint density at radius 2 is 1.95 bits per heavy atom. The molecule has 3 nitrogen and oxygen atoms in total. The topological polar surface area (TPSA) is 49.3 Å². The Labute approximate surface area is 132 Å². The van der Waals surface area contributed by atoms with Crippen molar-refractivity contribution in [3.8, 4) is 0 Å². The second-order valence-electron chi connectivity index (χ2n) is 5.38. The molecule has 1 aliphatic carbocycles. The van der Waals surface area contributed by atoms with Crippen LogP contribution in [0.3, 0.4) is 0 Å². The van der Waals surface area contributed by atoms with Gasteiger partial charge in [-0.1, -0.05) is 28.8 Å². The van der Waals surface area contributed by atoms with Crippen LogP contribution in [0.25, 0.3) is 0 Å². The fourth-order valence-electron chi connectivity index (χ4n) is 2.53. The molecule has 1 amide bonds. The average Bonchev–Trinajstić information content (AvgIpc) is 2.94. The van der Waals surface area contributed by atoms with Gasteiger partial charge in [0, 0.05) is 21.3 Å². The van der Waals surface area contributed by atoms with E-state index in [0.717, 1.165) is 35.1 Å². The van der Waals surface area contributed by atoms with E-state index in [1.807, 2.05) is 24.3 Å². The molecule has 1 saturated carbocycles. The number of hydrogen-bond donors (Lipinski definition) is 2. The zero-order chi connectivity index (χ0) is 14.4. The lowest BCUT2D eigenvalue weighted by atomic mass is 9.87. The summed E-state index contributed by atoms with van der Waals surface area (Å²) in [6.45, 7) is 0.774. The highest BCUT2D eigenvalue weighted by molar-refractivity contribution is 9.10. The summed E-state index contributed by atoms with van der Waals surface area (Å²) < 4.78 is 1.04. The van der Waals surface area contributed by atoms with E-state index in [9.17, 15) is 9.90 Å². The predicted molar refractivity (Wildman–Crippen MR) is 85.9 cm³/mol. The van der Waals surface area contributed by atoms with Crippen molar-refractivity contribution in [3.05, 3.63) is 28.7 Å². The number of carbonyl (C=O) groups excluding carboxylic acids is 1. The molecule has 2 N–H and O–H groups in total. The molecule has 5 heteroatoms. The van der Waals surface area contributed by atoms with Crippen molar-refractivity contribution in [1.82, 2.24) is 5.32 Å². The van der Waals surface area contributed by atoms with E-state index in [1.54, 1.807) is 0 Å². The number of aliphatic hydroxyl groups excluding tert-OH is 1. The first kappa shape index (κ1) is 15.9. The van der Waals surface area contributed by atoms with Gasteiger partial charge in [-0.15, -0.1) is 11.8 Å². The summed E-state index contributed by atoms with van der Waals surface area (Å²) in [5.74, 6) is 0.459. The van der Waals surface area contributed by atoms with Gasteiger partial charge in [0.15, 0.2) is 0 Å². The molecule has 0 radical (unpaired) electrons. The maximum absolute atomic E-state index is 11.9. The van der Waals surface area contributed by atoms with Crippen LogP contribution in [0.15, 0.2) is 33.6 Å². The van der Waals surface area contributed by atoms with Crippen LogP contribution in [0.2, 0.25) is 0 Å². The summed E-state index contributed by atoms with van der Waals surface area (Å²) in [6.07, 6.45) is 4.35. The largest absolute Gasteiger partial charge is 0.396 e. The third-order valence-corrected chi connectivity index (χ3v) is 5.38. The van der Waals surface area contributed by atoms with Crippen molar-refractivity contribution in [1.29, 1.82) is 0 Å². The standard InChI is InChI=1S/C15H20BrNO2S/c16-12-3-5-13(6-4-12)20-9-14(19)17-10-15(11-18)7-1-2-8-15/h3-6,18H,1-2,7-11H2,(H,17,19). The lowest BCUT2D eigenvalue weighted by molar-refractivity contribution is -0.119. The molecule has 1 aromatic carbocycles. The first-order chi connectivity index (χ1) is 9.63. The van der Waals surface area contributed by atoms with E-state index >= 15 is 0 Å². The molecular weight excluding hydrogens is 338 g/mol. The van der Waals surface area contributed by atoms with Crippen LogP contribution in [0, 0.1) is 5.41 Å². The molecule has 0 unspecified atom stereocenters. The number of thioether (sulfide) groups is 1. The van der Waals surface area contributed by atoms with Crippen LogP contribution in [-0.4, -0.2) is 29.9 Å². The Balaban J connectivity index is 1.74. The molecule has 1 aromatic rings. The summed E-state index contributed by atoms with van der Waals surface area (Å²) >= 11 is 4.92. The Kier molecular flexibility index (Phi) is 5.93. The predicted octanol–water partition coefficient (Wildman–Crippen LogP) is 3.21. The fraction of sp³-hybridized carbons (Fsp3) is 0.533. The number of hydrogen-bond acceptors (Lipinski definition) is 3. The maximum atomic E-state index is 11.9. The number of aliphatic hydroxyl groups is 1. The van der Waals surface area contributed by atoms with Gasteiger partial charge >= 0.3 is 0 Å². The van der Waals surface area contributed by atoms with Gasteiger partial charge in [0.2, 0.25) is 5.91 Å². The van der Waals surface area contributed by atoms with E-state index in [4.69, 9.17) is 0 Å². The van der Waals surface area contributed by atoms with E-state index < -0.39 is 0 Å². The molecule has 0 bridgehead atoms. The number of amides is 1. The lowest BCUT2D eigenvalue weighted by Crippen LogP contribution is -2.39. The van der Waals surface area contributed by atoms with Crippen molar-refractivity contribution < 1.29 is 9.90 Å². The van der Waals surface area contributed by atoms with Gasteiger partial charge in [-0.25, -0.2) is 0 Å². The normalized spacial score (nSPS) is 17.1. The van der Waals surface area contributed by atoms with Crippen LogP contribution >= 0.6 is 27.7 Å².